The van der Waals surface area contributed by atoms with Gasteiger partial charge in [-0.1, -0.05) is 6.92 Å². The average Bonchev–Trinajstić information content (AvgIpc) is 2.76. The number of aromatic nitrogens is 3. The van der Waals surface area contributed by atoms with E-state index in [0.29, 0.717) is 12.1 Å². The largest absolute Gasteiger partial charge is 0.380 e. The van der Waals surface area contributed by atoms with E-state index in [9.17, 15) is 0 Å². The topological polar surface area (TPSA) is 52.0 Å². The van der Waals surface area contributed by atoms with Crippen molar-refractivity contribution in [3.63, 3.8) is 0 Å². The lowest BCUT2D eigenvalue weighted by Gasteiger charge is -2.17. The molecular weight excluding hydrogens is 216 g/mol. The molecule has 1 N–H and O–H groups in total. The second-order valence-electron chi connectivity index (χ2n) is 4.48. The second kappa shape index (κ2) is 7.40. The number of nitrogens with zero attached hydrogens (tertiary/aromatic N) is 3. The van der Waals surface area contributed by atoms with Gasteiger partial charge in [0.2, 0.25) is 0 Å². The predicted molar refractivity (Wildman–Crippen MR) is 68.1 cm³/mol. The molecular formula is C12H24N4O. The van der Waals surface area contributed by atoms with Gasteiger partial charge in [-0.05, 0) is 27.3 Å². The fourth-order valence-corrected chi connectivity index (χ4v) is 1.69. The van der Waals surface area contributed by atoms with E-state index in [4.69, 9.17) is 4.74 Å². The fourth-order valence-electron chi connectivity index (χ4n) is 1.69. The van der Waals surface area contributed by atoms with E-state index in [2.05, 4.69) is 36.2 Å². The molecule has 0 aliphatic rings. The summed E-state index contributed by atoms with van der Waals surface area (Å²) in [7, 11) is 1.95. The van der Waals surface area contributed by atoms with Gasteiger partial charge in [-0.25, -0.2) is 9.67 Å². The van der Waals surface area contributed by atoms with Crippen molar-refractivity contribution >= 4 is 0 Å². The van der Waals surface area contributed by atoms with Crippen molar-refractivity contribution in [3.05, 3.63) is 12.2 Å². The monoisotopic (exact) mass is 240 g/mol. The molecule has 1 unspecified atom stereocenters. The van der Waals surface area contributed by atoms with Crippen LogP contribution in [0.4, 0.5) is 0 Å². The molecule has 0 bridgehead atoms. The van der Waals surface area contributed by atoms with Crippen LogP contribution in [0.15, 0.2) is 6.33 Å². The average molecular weight is 240 g/mol. The standard InChI is InChI=1S/C12H24N4O/c1-5-6-17-8-11(13-4)7-12-14-9-15-16(12)10(2)3/h9-11,13H,5-8H2,1-4H3. The fraction of sp³-hybridized carbons (Fsp3) is 0.833. The summed E-state index contributed by atoms with van der Waals surface area (Å²) in [6.45, 7) is 7.87. The number of nitrogens with one attached hydrogen (secondary N) is 1. The Morgan fingerprint density at radius 3 is 2.82 bits per heavy atom. The van der Waals surface area contributed by atoms with Gasteiger partial charge >= 0.3 is 0 Å². The molecule has 5 heteroatoms. The number of rotatable bonds is 8. The summed E-state index contributed by atoms with van der Waals surface area (Å²) in [5.41, 5.74) is 0. The van der Waals surface area contributed by atoms with Crippen LogP contribution in [0.1, 0.15) is 39.1 Å². The van der Waals surface area contributed by atoms with Crippen LogP contribution in [0, 0.1) is 0 Å². The molecule has 1 heterocycles. The van der Waals surface area contributed by atoms with E-state index in [1.165, 1.54) is 0 Å². The Morgan fingerprint density at radius 2 is 2.24 bits per heavy atom. The summed E-state index contributed by atoms with van der Waals surface area (Å²) in [5.74, 6) is 1.01. The Kier molecular flexibility index (Phi) is 6.15. The molecule has 0 spiro atoms. The highest BCUT2D eigenvalue weighted by Crippen LogP contribution is 2.07. The Bertz CT molecular complexity index is 311. The van der Waals surface area contributed by atoms with Gasteiger partial charge in [-0.15, -0.1) is 0 Å². The number of hydrogen-bond donors (Lipinski definition) is 1. The lowest BCUT2D eigenvalue weighted by Crippen LogP contribution is -2.34. The first-order valence-corrected chi connectivity index (χ1v) is 6.32. The molecule has 1 atom stereocenters. The molecule has 0 amide bonds. The molecule has 5 nitrogen and oxygen atoms in total. The van der Waals surface area contributed by atoms with Crippen LogP contribution in [0.3, 0.4) is 0 Å². The highest BCUT2D eigenvalue weighted by Gasteiger charge is 2.13. The van der Waals surface area contributed by atoms with Crippen LogP contribution in [0.25, 0.3) is 0 Å². The zero-order valence-corrected chi connectivity index (χ0v) is 11.3. The molecule has 98 valence electrons. The predicted octanol–water partition coefficient (Wildman–Crippen LogP) is 1.42. The first-order valence-electron chi connectivity index (χ1n) is 6.32. The molecule has 1 rings (SSSR count). The Hall–Kier alpha value is -0.940. The minimum absolute atomic E-state index is 0.295. The maximum Gasteiger partial charge on any atom is 0.138 e. The molecule has 17 heavy (non-hydrogen) atoms. The van der Waals surface area contributed by atoms with Crippen molar-refractivity contribution in [2.75, 3.05) is 20.3 Å². The zero-order chi connectivity index (χ0) is 12.7. The van der Waals surface area contributed by atoms with Crippen molar-refractivity contribution in [1.82, 2.24) is 20.1 Å². The van der Waals surface area contributed by atoms with E-state index >= 15 is 0 Å². The van der Waals surface area contributed by atoms with Crippen molar-refractivity contribution < 1.29 is 4.74 Å². The van der Waals surface area contributed by atoms with Crippen molar-refractivity contribution in [3.8, 4) is 0 Å². The van der Waals surface area contributed by atoms with E-state index in [-0.39, 0.29) is 0 Å². The van der Waals surface area contributed by atoms with E-state index < -0.39 is 0 Å². The van der Waals surface area contributed by atoms with E-state index in [1.54, 1.807) is 6.33 Å². The third kappa shape index (κ3) is 4.44. The van der Waals surface area contributed by atoms with Crippen LogP contribution in [-0.4, -0.2) is 41.1 Å². The highest BCUT2D eigenvalue weighted by molar-refractivity contribution is 4.91. The van der Waals surface area contributed by atoms with Crippen LogP contribution in [0.5, 0.6) is 0 Å². The third-order valence-corrected chi connectivity index (χ3v) is 2.64. The minimum Gasteiger partial charge on any atom is -0.380 e. The van der Waals surface area contributed by atoms with Crippen LogP contribution in [-0.2, 0) is 11.2 Å². The Labute approximate surface area is 104 Å². The van der Waals surface area contributed by atoms with Gasteiger partial charge in [-0.2, -0.15) is 5.10 Å². The van der Waals surface area contributed by atoms with Gasteiger partial charge < -0.3 is 10.1 Å². The molecule has 0 aromatic carbocycles. The number of likely N-dealkylation sites (N-methyl/N-ethyl adjacent to an activating group) is 1. The molecule has 1 aromatic rings. The quantitative estimate of drug-likeness (QED) is 0.698. The molecule has 0 aliphatic heterocycles. The number of hydrogen-bond acceptors (Lipinski definition) is 4. The molecule has 0 radical (unpaired) electrons. The van der Waals surface area contributed by atoms with Gasteiger partial charge in [0.05, 0.1) is 6.61 Å². The normalized spacial score (nSPS) is 13.2. The maximum atomic E-state index is 5.57. The summed E-state index contributed by atoms with van der Waals surface area (Å²) in [5, 5.41) is 7.50. The van der Waals surface area contributed by atoms with Gasteiger partial charge in [0.1, 0.15) is 12.2 Å². The lowest BCUT2D eigenvalue weighted by molar-refractivity contribution is 0.113. The SMILES string of the molecule is CCCOCC(Cc1ncnn1C(C)C)NC. The van der Waals surface area contributed by atoms with E-state index in [1.807, 2.05) is 11.7 Å². The van der Waals surface area contributed by atoms with Crippen LogP contribution >= 0.6 is 0 Å². The summed E-state index contributed by atoms with van der Waals surface area (Å²) in [4.78, 5) is 4.31. The van der Waals surface area contributed by atoms with E-state index in [0.717, 1.165) is 31.9 Å². The lowest BCUT2D eigenvalue weighted by atomic mass is 10.2. The summed E-state index contributed by atoms with van der Waals surface area (Å²) >= 11 is 0. The Morgan fingerprint density at radius 1 is 1.47 bits per heavy atom. The number of ether oxygens (including phenoxy) is 1. The third-order valence-electron chi connectivity index (χ3n) is 2.64. The minimum atomic E-state index is 0.295. The molecule has 0 aliphatic carbocycles. The first-order chi connectivity index (χ1) is 8.19. The van der Waals surface area contributed by atoms with Gasteiger partial charge in [0, 0.05) is 25.1 Å². The maximum absolute atomic E-state index is 5.57. The molecule has 0 saturated carbocycles. The zero-order valence-electron chi connectivity index (χ0n) is 11.3. The smallest absolute Gasteiger partial charge is 0.138 e. The Balaban J connectivity index is 2.51. The van der Waals surface area contributed by atoms with Gasteiger partial charge in [0.25, 0.3) is 0 Å². The molecule has 0 fully saturated rings. The summed E-state index contributed by atoms with van der Waals surface area (Å²) in [6, 6.07) is 0.643. The first kappa shape index (κ1) is 14.1. The van der Waals surface area contributed by atoms with Crippen molar-refractivity contribution in [2.24, 2.45) is 0 Å². The van der Waals surface area contributed by atoms with Crippen molar-refractivity contribution in [2.45, 2.75) is 45.7 Å². The summed E-state index contributed by atoms with van der Waals surface area (Å²) < 4.78 is 7.53. The highest BCUT2D eigenvalue weighted by atomic mass is 16.5. The van der Waals surface area contributed by atoms with Gasteiger partial charge in [0.15, 0.2) is 0 Å². The molecule has 1 aromatic heterocycles. The van der Waals surface area contributed by atoms with Crippen molar-refractivity contribution in [1.29, 1.82) is 0 Å². The summed E-state index contributed by atoms with van der Waals surface area (Å²) in [6.07, 6.45) is 3.52. The molecule has 0 saturated heterocycles. The van der Waals surface area contributed by atoms with Crippen LogP contribution < -0.4 is 5.32 Å². The van der Waals surface area contributed by atoms with Gasteiger partial charge in [-0.3, -0.25) is 0 Å². The van der Waals surface area contributed by atoms with Crippen LogP contribution in [0.2, 0.25) is 0 Å². The second-order valence-corrected chi connectivity index (χ2v) is 4.48.